The first kappa shape index (κ1) is 25.5. The molecule has 0 aromatic heterocycles. The maximum atomic E-state index is 4.34. The zero-order valence-corrected chi connectivity index (χ0v) is 21.7. The highest BCUT2D eigenvalue weighted by molar-refractivity contribution is 5.74. The Kier molecular flexibility index (Phi) is 9.19. The van der Waals surface area contributed by atoms with E-state index in [1.165, 1.54) is 60.8 Å². The normalized spacial score (nSPS) is 25.5. The first-order valence-electron chi connectivity index (χ1n) is 13.3. The third-order valence-electron chi connectivity index (χ3n) is 8.20. The van der Waals surface area contributed by atoms with Crippen LogP contribution in [0.1, 0.15) is 96.1 Å². The molecule has 1 aromatic rings. The summed E-state index contributed by atoms with van der Waals surface area (Å²) in [7, 11) is 0. The predicted molar refractivity (Wildman–Crippen MR) is 147 cm³/mol. The molecular weight excluding hydrogens is 396 g/mol. The van der Waals surface area contributed by atoms with Gasteiger partial charge in [-0.25, -0.2) is 0 Å². The number of rotatable bonds is 12. The third kappa shape index (κ3) is 6.95. The highest BCUT2D eigenvalue weighted by atomic mass is 14.6. The van der Waals surface area contributed by atoms with E-state index >= 15 is 0 Å². The molecule has 2 aliphatic carbocycles. The van der Waals surface area contributed by atoms with Crippen molar-refractivity contribution in [1.82, 2.24) is 0 Å². The molecule has 0 bridgehead atoms. The van der Waals surface area contributed by atoms with Crippen molar-refractivity contribution in [2.24, 2.45) is 23.7 Å². The molecule has 2 saturated carbocycles. The average molecular weight is 443 g/mol. The molecule has 0 radical (unpaired) electrons. The Hall–Kier alpha value is -2.08. The molecule has 2 aliphatic rings. The minimum Gasteiger partial charge on any atom is -0.0961 e. The van der Waals surface area contributed by atoms with Crippen LogP contribution in [0, 0.1) is 23.7 Å². The second-order valence-corrected chi connectivity index (χ2v) is 10.8. The fraction of sp³-hybridized carbons (Fsp3) is 0.515. The van der Waals surface area contributed by atoms with E-state index in [0.717, 1.165) is 47.7 Å². The Bertz CT molecular complexity index is 886. The predicted octanol–water partition coefficient (Wildman–Crippen LogP) is 10.1. The largest absolute Gasteiger partial charge is 0.0961 e. The van der Waals surface area contributed by atoms with Crippen molar-refractivity contribution in [3.05, 3.63) is 90.1 Å². The molecule has 0 amide bonds. The molecule has 0 N–H and O–H groups in total. The average Bonchev–Trinajstić information content (AvgIpc) is 3.51. The number of hydrogen-bond donors (Lipinski definition) is 0. The van der Waals surface area contributed by atoms with Crippen LogP contribution in [-0.2, 0) is 0 Å². The SMILES string of the molecule is C=C(C)/C=C\C(=C/CC)c1ccc([C@@H](CCC2CCC3C(CC)C3C2)CC(=C)C(=C)C)cc1. The highest BCUT2D eigenvalue weighted by Gasteiger charge is 2.50. The van der Waals surface area contributed by atoms with Gasteiger partial charge in [0.2, 0.25) is 0 Å². The molecule has 4 unspecified atom stereocenters. The zero-order chi connectivity index (χ0) is 24.0. The Morgan fingerprint density at radius 1 is 1.00 bits per heavy atom. The summed E-state index contributed by atoms with van der Waals surface area (Å²) in [6.45, 7) is 21.2. The topological polar surface area (TPSA) is 0 Å². The van der Waals surface area contributed by atoms with Crippen molar-refractivity contribution in [2.75, 3.05) is 0 Å². The molecule has 178 valence electrons. The van der Waals surface area contributed by atoms with Gasteiger partial charge in [-0.05, 0) is 98.7 Å². The maximum absolute atomic E-state index is 4.34. The summed E-state index contributed by atoms with van der Waals surface area (Å²) in [6.07, 6.45) is 17.1. The highest BCUT2D eigenvalue weighted by Crippen LogP contribution is 2.59. The van der Waals surface area contributed by atoms with Crippen molar-refractivity contribution in [2.45, 2.75) is 85.0 Å². The molecule has 0 saturated heterocycles. The Balaban J connectivity index is 1.70. The summed E-state index contributed by atoms with van der Waals surface area (Å²) in [5, 5.41) is 0. The summed E-state index contributed by atoms with van der Waals surface area (Å²) < 4.78 is 0. The number of hydrogen-bond acceptors (Lipinski definition) is 0. The summed E-state index contributed by atoms with van der Waals surface area (Å²) in [4.78, 5) is 0. The number of allylic oxidation sites excluding steroid dienone is 7. The van der Waals surface area contributed by atoms with Crippen molar-refractivity contribution in [3.8, 4) is 0 Å². The molecule has 0 spiro atoms. The second kappa shape index (κ2) is 11.9. The van der Waals surface area contributed by atoms with Gasteiger partial charge in [-0.1, -0.05) is 106 Å². The van der Waals surface area contributed by atoms with Crippen LogP contribution in [0.15, 0.2) is 78.9 Å². The van der Waals surface area contributed by atoms with Gasteiger partial charge in [0.05, 0.1) is 0 Å². The second-order valence-electron chi connectivity index (χ2n) is 10.8. The van der Waals surface area contributed by atoms with Crippen LogP contribution in [-0.4, -0.2) is 0 Å². The zero-order valence-electron chi connectivity index (χ0n) is 21.7. The molecular formula is C33H46. The van der Waals surface area contributed by atoms with Crippen molar-refractivity contribution in [3.63, 3.8) is 0 Å². The Morgan fingerprint density at radius 3 is 2.33 bits per heavy atom. The van der Waals surface area contributed by atoms with E-state index in [1.54, 1.807) is 0 Å². The van der Waals surface area contributed by atoms with Crippen molar-refractivity contribution in [1.29, 1.82) is 0 Å². The van der Waals surface area contributed by atoms with Crippen LogP contribution in [0.4, 0.5) is 0 Å². The van der Waals surface area contributed by atoms with Gasteiger partial charge in [-0.3, -0.25) is 0 Å². The van der Waals surface area contributed by atoms with Gasteiger partial charge in [0.1, 0.15) is 0 Å². The lowest BCUT2D eigenvalue weighted by atomic mass is 9.80. The quantitative estimate of drug-likeness (QED) is 0.282. The van der Waals surface area contributed by atoms with Gasteiger partial charge in [0, 0.05) is 0 Å². The van der Waals surface area contributed by atoms with E-state index in [2.05, 4.69) is 83.0 Å². The lowest BCUT2D eigenvalue weighted by Gasteiger charge is -2.25. The van der Waals surface area contributed by atoms with Crippen LogP contribution in [0.2, 0.25) is 0 Å². The monoisotopic (exact) mass is 442 g/mol. The van der Waals surface area contributed by atoms with E-state index in [9.17, 15) is 0 Å². The van der Waals surface area contributed by atoms with Gasteiger partial charge in [-0.15, -0.1) is 0 Å². The molecule has 2 fully saturated rings. The fourth-order valence-electron chi connectivity index (χ4n) is 6.08. The minimum atomic E-state index is 0.534. The lowest BCUT2D eigenvalue weighted by Crippen LogP contribution is -2.11. The Labute approximate surface area is 204 Å². The van der Waals surface area contributed by atoms with E-state index in [4.69, 9.17) is 0 Å². The minimum absolute atomic E-state index is 0.534. The molecule has 33 heavy (non-hydrogen) atoms. The van der Waals surface area contributed by atoms with Gasteiger partial charge < -0.3 is 0 Å². The van der Waals surface area contributed by atoms with E-state index < -0.39 is 0 Å². The van der Waals surface area contributed by atoms with E-state index in [0.29, 0.717) is 5.92 Å². The van der Waals surface area contributed by atoms with Crippen LogP contribution >= 0.6 is 0 Å². The maximum Gasteiger partial charge on any atom is -0.0121 e. The summed E-state index contributed by atoms with van der Waals surface area (Å²) in [5.41, 5.74) is 7.43. The summed E-state index contributed by atoms with van der Waals surface area (Å²) in [6, 6.07) is 9.32. The fourth-order valence-corrected chi connectivity index (χ4v) is 6.08. The van der Waals surface area contributed by atoms with E-state index in [1.807, 2.05) is 6.92 Å². The van der Waals surface area contributed by atoms with Crippen molar-refractivity contribution < 1.29 is 0 Å². The first-order valence-corrected chi connectivity index (χ1v) is 13.3. The first-order chi connectivity index (χ1) is 15.8. The van der Waals surface area contributed by atoms with Crippen LogP contribution in [0.3, 0.4) is 0 Å². The Morgan fingerprint density at radius 2 is 1.73 bits per heavy atom. The lowest BCUT2D eigenvalue weighted by molar-refractivity contribution is 0.310. The van der Waals surface area contributed by atoms with Gasteiger partial charge in [0.25, 0.3) is 0 Å². The number of benzene rings is 1. The molecule has 0 heterocycles. The van der Waals surface area contributed by atoms with Gasteiger partial charge in [0.15, 0.2) is 0 Å². The van der Waals surface area contributed by atoms with E-state index in [-0.39, 0.29) is 0 Å². The third-order valence-corrected chi connectivity index (χ3v) is 8.20. The summed E-state index contributed by atoms with van der Waals surface area (Å²) >= 11 is 0. The van der Waals surface area contributed by atoms with Crippen LogP contribution in [0.5, 0.6) is 0 Å². The number of fused-ring (bicyclic) bond motifs is 1. The van der Waals surface area contributed by atoms with Gasteiger partial charge in [-0.2, -0.15) is 0 Å². The smallest absolute Gasteiger partial charge is 0.0121 e. The van der Waals surface area contributed by atoms with Gasteiger partial charge >= 0.3 is 0 Å². The van der Waals surface area contributed by atoms with Crippen molar-refractivity contribution >= 4 is 5.57 Å². The standard InChI is InChI=1S/C33H46/c1-8-10-27(14-11-23(3)4)28-16-18-29(19-17-28)30(21-25(7)24(5)6)15-12-26-13-20-32-31(9-2)33(32)22-26/h10-11,14,16-19,26,30-33H,3,5,7-9,12-13,15,20-22H2,1-2,4,6H3/b14-11-,27-10+/t26?,30-,31?,32?,33?/m0/s1. The molecule has 0 heteroatoms. The molecule has 3 rings (SSSR count). The van der Waals surface area contributed by atoms with Crippen LogP contribution < -0.4 is 0 Å². The van der Waals surface area contributed by atoms with Crippen LogP contribution in [0.25, 0.3) is 5.57 Å². The molecule has 0 nitrogen and oxygen atoms in total. The molecule has 5 atom stereocenters. The molecule has 1 aromatic carbocycles. The molecule has 0 aliphatic heterocycles. The summed E-state index contributed by atoms with van der Waals surface area (Å²) in [5.74, 6) is 4.63.